The van der Waals surface area contributed by atoms with Gasteiger partial charge in [-0.3, -0.25) is 0 Å². The third-order valence-electron chi connectivity index (χ3n) is 4.46. The lowest BCUT2D eigenvalue weighted by atomic mass is 10.3. The SMILES string of the molecule is CCOCCNC(=NCc1nnc(C)n1C)NCCCN(C)c1ccccc1. The zero-order valence-corrected chi connectivity index (χ0v) is 17.5. The van der Waals surface area contributed by atoms with Gasteiger partial charge in [-0.15, -0.1) is 10.2 Å². The number of ether oxygens (including phenoxy) is 1. The summed E-state index contributed by atoms with van der Waals surface area (Å²) in [7, 11) is 4.07. The van der Waals surface area contributed by atoms with E-state index < -0.39 is 0 Å². The maximum absolute atomic E-state index is 5.40. The molecule has 1 aromatic heterocycles. The van der Waals surface area contributed by atoms with Gasteiger partial charge in [0.2, 0.25) is 0 Å². The molecule has 0 saturated carbocycles. The van der Waals surface area contributed by atoms with Crippen LogP contribution in [0.4, 0.5) is 5.69 Å². The Bertz CT molecular complexity index is 715. The molecule has 2 aromatic rings. The molecule has 1 heterocycles. The minimum Gasteiger partial charge on any atom is -0.380 e. The van der Waals surface area contributed by atoms with Crippen LogP contribution in [-0.4, -0.2) is 60.6 Å². The Hall–Kier alpha value is -2.61. The van der Waals surface area contributed by atoms with Gasteiger partial charge in [0, 0.05) is 46.0 Å². The molecule has 28 heavy (non-hydrogen) atoms. The third kappa shape index (κ3) is 7.19. The van der Waals surface area contributed by atoms with E-state index in [0.717, 1.165) is 37.1 Å². The summed E-state index contributed by atoms with van der Waals surface area (Å²) in [4.78, 5) is 6.90. The van der Waals surface area contributed by atoms with Crippen molar-refractivity contribution in [2.45, 2.75) is 26.8 Å². The Morgan fingerprint density at radius 2 is 1.93 bits per heavy atom. The number of aromatic nitrogens is 3. The second kappa shape index (κ2) is 12.0. The molecule has 0 aliphatic rings. The summed E-state index contributed by atoms with van der Waals surface area (Å²) < 4.78 is 7.35. The normalized spacial score (nSPS) is 11.5. The van der Waals surface area contributed by atoms with Crippen LogP contribution in [0.25, 0.3) is 0 Å². The van der Waals surface area contributed by atoms with Crippen molar-refractivity contribution in [2.24, 2.45) is 12.0 Å². The molecule has 0 aliphatic carbocycles. The molecular formula is C20H33N7O. The minimum absolute atomic E-state index is 0.477. The highest BCUT2D eigenvalue weighted by Gasteiger charge is 2.05. The molecule has 0 saturated heterocycles. The van der Waals surface area contributed by atoms with Crippen molar-refractivity contribution in [3.05, 3.63) is 42.0 Å². The summed E-state index contributed by atoms with van der Waals surface area (Å²) in [5.41, 5.74) is 1.23. The molecular weight excluding hydrogens is 354 g/mol. The molecule has 0 atom stereocenters. The van der Waals surface area contributed by atoms with Crippen LogP contribution in [0, 0.1) is 6.92 Å². The van der Waals surface area contributed by atoms with Crippen LogP contribution in [0.3, 0.4) is 0 Å². The summed E-state index contributed by atoms with van der Waals surface area (Å²) in [5.74, 6) is 2.49. The predicted octanol–water partition coefficient (Wildman–Crippen LogP) is 1.72. The minimum atomic E-state index is 0.477. The van der Waals surface area contributed by atoms with E-state index in [1.165, 1.54) is 5.69 Å². The molecule has 1 aromatic carbocycles. The smallest absolute Gasteiger partial charge is 0.191 e. The van der Waals surface area contributed by atoms with Gasteiger partial charge >= 0.3 is 0 Å². The topological polar surface area (TPSA) is 79.6 Å². The molecule has 154 valence electrons. The number of hydrogen-bond donors (Lipinski definition) is 2. The summed E-state index contributed by atoms with van der Waals surface area (Å²) in [6.45, 7) is 8.27. The third-order valence-corrected chi connectivity index (χ3v) is 4.46. The van der Waals surface area contributed by atoms with E-state index in [1.807, 2.05) is 31.5 Å². The fraction of sp³-hybridized carbons (Fsp3) is 0.550. The number of rotatable bonds is 11. The Balaban J connectivity index is 1.82. The van der Waals surface area contributed by atoms with Gasteiger partial charge in [-0.25, -0.2) is 4.99 Å². The molecule has 0 spiro atoms. The molecule has 8 nitrogen and oxygen atoms in total. The van der Waals surface area contributed by atoms with Crippen LogP contribution in [0.15, 0.2) is 35.3 Å². The van der Waals surface area contributed by atoms with Crippen molar-refractivity contribution in [3.8, 4) is 0 Å². The predicted molar refractivity (Wildman–Crippen MR) is 114 cm³/mol. The van der Waals surface area contributed by atoms with Crippen molar-refractivity contribution in [2.75, 3.05) is 44.8 Å². The van der Waals surface area contributed by atoms with E-state index >= 15 is 0 Å². The van der Waals surface area contributed by atoms with E-state index in [1.54, 1.807) is 0 Å². The molecule has 0 unspecified atom stereocenters. The molecule has 0 aliphatic heterocycles. The largest absolute Gasteiger partial charge is 0.380 e. The van der Waals surface area contributed by atoms with E-state index in [4.69, 9.17) is 4.74 Å². The second-order valence-corrected chi connectivity index (χ2v) is 6.55. The first-order chi connectivity index (χ1) is 13.6. The number of aliphatic imine (C=N–C) groups is 1. The highest BCUT2D eigenvalue weighted by atomic mass is 16.5. The maximum atomic E-state index is 5.40. The lowest BCUT2D eigenvalue weighted by Crippen LogP contribution is -2.40. The van der Waals surface area contributed by atoms with Gasteiger partial charge in [-0.2, -0.15) is 0 Å². The van der Waals surface area contributed by atoms with Crippen molar-refractivity contribution >= 4 is 11.6 Å². The lowest BCUT2D eigenvalue weighted by Gasteiger charge is -2.19. The zero-order valence-electron chi connectivity index (χ0n) is 17.5. The van der Waals surface area contributed by atoms with E-state index in [9.17, 15) is 0 Å². The van der Waals surface area contributed by atoms with Gasteiger partial charge in [0.15, 0.2) is 11.8 Å². The van der Waals surface area contributed by atoms with Gasteiger partial charge in [0.25, 0.3) is 0 Å². The molecule has 8 heteroatoms. The number of para-hydroxylation sites is 1. The monoisotopic (exact) mass is 387 g/mol. The number of aryl methyl sites for hydroxylation is 1. The first kappa shape index (κ1) is 21.7. The number of guanidine groups is 1. The average Bonchev–Trinajstić information content (AvgIpc) is 3.04. The molecule has 0 amide bonds. The van der Waals surface area contributed by atoms with Gasteiger partial charge < -0.3 is 24.8 Å². The Kier molecular flexibility index (Phi) is 9.27. The van der Waals surface area contributed by atoms with Crippen LogP contribution >= 0.6 is 0 Å². The van der Waals surface area contributed by atoms with Crippen LogP contribution in [0.5, 0.6) is 0 Å². The average molecular weight is 388 g/mol. The van der Waals surface area contributed by atoms with Crippen LogP contribution in [0.1, 0.15) is 25.0 Å². The van der Waals surface area contributed by atoms with Gasteiger partial charge in [-0.05, 0) is 32.4 Å². The van der Waals surface area contributed by atoms with Crippen molar-refractivity contribution < 1.29 is 4.74 Å². The number of nitrogens with one attached hydrogen (secondary N) is 2. The summed E-state index contributed by atoms with van der Waals surface area (Å²) in [6, 6.07) is 10.4. The van der Waals surface area contributed by atoms with Gasteiger partial charge in [0.05, 0.1) is 6.61 Å². The van der Waals surface area contributed by atoms with E-state index in [-0.39, 0.29) is 0 Å². The van der Waals surface area contributed by atoms with Gasteiger partial charge in [0.1, 0.15) is 12.4 Å². The van der Waals surface area contributed by atoms with Crippen LogP contribution in [0.2, 0.25) is 0 Å². The lowest BCUT2D eigenvalue weighted by molar-refractivity contribution is 0.152. The van der Waals surface area contributed by atoms with Gasteiger partial charge in [-0.1, -0.05) is 18.2 Å². The van der Waals surface area contributed by atoms with E-state index in [2.05, 4.69) is 62.0 Å². The molecule has 2 rings (SSSR count). The second-order valence-electron chi connectivity index (χ2n) is 6.55. The number of hydrogen-bond acceptors (Lipinski definition) is 5. The highest BCUT2D eigenvalue weighted by Crippen LogP contribution is 2.10. The first-order valence-electron chi connectivity index (χ1n) is 9.82. The summed E-state index contributed by atoms with van der Waals surface area (Å²) in [5, 5.41) is 15.0. The van der Waals surface area contributed by atoms with Crippen molar-refractivity contribution in [1.29, 1.82) is 0 Å². The summed E-state index contributed by atoms with van der Waals surface area (Å²) >= 11 is 0. The highest BCUT2D eigenvalue weighted by molar-refractivity contribution is 5.79. The zero-order chi connectivity index (χ0) is 20.2. The summed E-state index contributed by atoms with van der Waals surface area (Å²) in [6.07, 6.45) is 1.00. The van der Waals surface area contributed by atoms with Crippen LogP contribution < -0.4 is 15.5 Å². The Labute approximate surface area is 168 Å². The number of nitrogens with zero attached hydrogens (tertiary/aromatic N) is 5. The van der Waals surface area contributed by atoms with Crippen molar-refractivity contribution in [1.82, 2.24) is 25.4 Å². The standard InChI is InChI=1S/C20H33N7O/c1-5-28-15-13-22-20(23-16-19-25-24-17(2)27(19)4)21-12-9-14-26(3)18-10-7-6-8-11-18/h6-8,10-11H,5,9,12-16H2,1-4H3,(H2,21,22,23). The van der Waals surface area contributed by atoms with E-state index in [0.29, 0.717) is 26.3 Å². The molecule has 2 N–H and O–H groups in total. The molecule has 0 bridgehead atoms. The van der Waals surface area contributed by atoms with Crippen molar-refractivity contribution in [3.63, 3.8) is 0 Å². The molecule has 0 radical (unpaired) electrons. The Morgan fingerprint density at radius 3 is 2.61 bits per heavy atom. The number of benzene rings is 1. The Morgan fingerprint density at radius 1 is 1.18 bits per heavy atom. The molecule has 0 fully saturated rings. The maximum Gasteiger partial charge on any atom is 0.191 e. The fourth-order valence-corrected chi connectivity index (χ4v) is 2.63. The number of anilines is 1. The van der Waals surface area contributed by atoms with Crippen LogP contribution in [-0.2, 0) is 18.3 Å². The quantitative estimate of drug-likeness (QED) is 0.347. The fourth-order valence-electron chi connectivity index (χ4n) is 2.63. The first-order valence-corrected chi connectivity index (χ1v) is 9.82.